The molecule has 2 amide bonds. The topological polar surface area (TPSA) is 53.6 Å². The number of amides is 2. The van der Waals surface area contributed by atoms with Gasteiger partial charge in [-0.15, -0.1) is 13.2 Å². The second-order valence-electron chi connectivity index (χ2n) is 7.03. The first-order valence-corrected chi connectivity index (χ1v) is 9.57. The van der Waals surface area contributed by atoms with Gasteiger partial charge < -0.3 is 20.3 Å². The molecule has 0 bridgehead atoms. The molecule has 1 heterocycles. The SMILES string of the molecule is CCc1ccc(NC(=O)NCC2CCN(c3ccc(OC(F)(F)F)cc3)C2)cc1. The summed E-state index contributed by atoms with van der Waals surface area (Å²) in [5.41, 5.74) is 2.79. The second-order valence-corrected chi connectivity index (χ2v) is 7.03. The molecule has 2 N–H and O–H groups in total. The Kier molecular flexibility index (Phi) is 6.51. The third-order valence-electron chi connectivity index (χ3n) is 4.89. The standard InChI is InChI=1S/C21H24F3N3O2/c1-2-15-3-5-17(6-4-15)26-20(28)25-13-16-11-12-27(14-16)18-7-9-19(10-8-18)29-21(22,23)24/h3-10,16H,2,11-14H2,1H3,(H2,25,26,28). The molecule has 156 valence electrons. The zero-order chi connectivity index (χ0) is 20.9. The minimum Gasteiger partial charge on any atom is -0.406 e. The van der Waals surface area contributed by atoms with E-state index in [0.29, 0.717) is 6.54 Å². The lowest BCUT2D eigenvalue weighted by Gasteiger charge is -2.19. The molecular weight excluding hydrogens is 383 g/mol. The number of aryl methyl sites for hydroxylation is 1. The molecule has 1 fully saturated rings. The van der Waals surface area contributed by atoms with Gasteiger partial charge in [0, 0.05) is 31.0 Å². The first-order chi connectivity index (χ1) is 13.8. The van der Waals surface area contributed by atoms with Crippen molar-refractivity contribution in [2.24, 2.45) is 5.92 Å². The molecule has 0 spiro atoms. The molecule has 29 heavy (non-hydrogen) atoms. The van der Waals surface area contributed by atoms with Gasteiger partial charge in [-0.2, -0.15) is 0 Å². The van der Waals surface area contributed by atoms with Gasteiger partial charge in [0.15, 0.2) is 0 Å². The van der Waals surface area contributed by atoms with Gasteiger partial charge in [0.1, 0.15) is 5.75 Å². The number of benzene rings is 2. The number of carbonyl (C=O) groups is 1. The number of nitrogens with one attached hydrogen (secondary N) is 2. The Labute approximate surface area is 167 Å². The summed E-state index contributed by atoms with van der Waals surface area (Å²) in [6.45, 7) is 4.12. The molecule has 1 unspecified atom stereocenters. The van der Waals surface area contributed by atoms with Crippen molar-refractivity contribution in [2.45, 2.75) is 26.1 Å². The fourth-order valence-electron chi connectivity index (χ4n) is 3.33. The number of ether oxygens (including phenoxy) is 1. The van der Waals surface area contributed by atoms with E-state index in [1.54, 1.807) is 12.1 Å². The van der Waals surface area contributed by atoms with E-state index < -0.39 is 6.36 Å². The normalized spacial score (nSPS) is 16.6. The summed E-state index contributed by atoms with van der Waals surface area (Å²) in [5.74, 6) is 0.0385. The van der Waals surface area contributed by atoms with Crippen molar-refractivity contribution in [3.05, 3.63) is 54.1 Å². The third kappa shape index (κ3) is 6.30. The quantitative estimate of drug-likeness (QED) is 0.724. The van der Waals surface area contributed by atoms with E-state index in [9.17, 15) is 18.0 Å². The third-order valence-corrected chi connectivity index (χ3v) is 4.89. The highest BCUT2D eigenvalue weighted by Crippen LogP contribution is 2.28. The van der Waals surface area contributed by atoms with Crippen LogP contribution in [0.25, 0.3) is 0 Å². The van der Waals surface area contributed by atoms with E-state index in [4.69, 9.17) is 0 Å². The number of halogens is 3. The Morgan fingerprint density at radius 1 is 1.14 bits per heavy atom. The zero-order valence-corrected chi connectivity index (χ0v) is 16.1. The van der Waals surface area contributed by atoms with Crippen LogP contribution in [0.2, 0.25) is 0 Å². The number of nitrogens with zero attached hydrogens (tertiary/aromatic N) is 1. The molecule has 0 aromatic heterocycles. The molecular formula is C21H24F3N3O2. The monoisotopic (exact) mass is 407 g/mol. The average molecular weight is 407 g/mol. The van der Waals surface area contributed by atoms with Crippen LogP contribution in [-0.4, -0.2) is 32.0 Å². The molecule has 1 aliphatic rings. The Morgan fingerprint density at radius 2 is 1.83 bits per heavy atom. The number of anilines is 2. The molecule has 1 saturated heterocycles. The van der Waals surface area contributed by atoms with Crippen LogP contribution in [0.15, 0.2) is 48.5 Å². The van der Waals surface area contributed by atoms with E-state index in [0.717, 1.165) is 37.3 Å². The van der Waals surface area contributed by atoms with Crippen LogP contribution in [0.3, 0.4) is 0 Å². The van der Waals surface area contributed by atoms with Crippen LogP contribution < -0.4 is 20.3 Å². The molecule has 0 radical (unpaired) electrons. The second kappa shape index (κ2) is 9.07. The summed E-state index contributed by atoms with van der Waals surface area (Å²) in [6.07, 6.45) is -2.85. The minimum absolute atomic E-state index is 0.234. The zero-order valence-electron chi connectivity index (χ0n) is 16.1. The maximum atomic E-state index is 12.2. The fourth-order valence-corrected chi connectivity index (χ4v) is 3.33. The van der Waals surface area contributed by atoms with Crippen molar-refractivity contribution in [3.8, 4) is 5.75 Å². The molecule has 1 aliphatic heterocycles. The fraction of sp³-hybridized carbons (Fsp3) is 0.381. The molecule has 1 atom stereocenters. The van der Waals surface area contributed by atoms with Crippen LogP contribution in [0.1, 0.15) is 18.9 Å². The maximum Gasteiger partial charge on any atom is 0.573 e. The smallest absolute Gasteiger partial charge is 0.406 e. The van der Waals surface area contributed by atoms with Gasteiger partial charge in [0.05, 0.1) is 0 Å². The highest BCUT2D eigenvalue weighted by atomic mass is 19.4. The number of hydrogen-bond donors (Lipinski definition) is 2. The lowest BCUT2D eigenvalue weighted by atomic mass is 10.1. The predicted molar refractivity (Wildman–Crippen MR) is 106 cm³/mol. The van der Waals surface area contributed by atoms with E-state index >= 15 is 0 Å². The van der Waals surface area contributed by atoms with Gasteiger partial charge >= 0.3 is 12.4 Å². The molecule has 2 aromatic carbocycles. The first kappa shape index (κ1) is 20.8. The van der Waals surface area contributed by atoms with E-state index in [-0.39, 0.29) is 17.7 Å². The van der Waals surface area contributed by atoms with Crippen LogP contribution in [0, 0.1) is 5.92 Å². The lowest BCUT2D eigenvalue weighted by molar-refractivity contribution is -0.274. The van der Waals surface area contributed by atoms with Crippen molar-refractivity contribution in [3.63, 3.8) is 0 Å². The van der Waals surface area contributed by atoms with Gasteiger partial charge in [0.2, 0.25) is 0 Å². The summed E-state index contributed by atoms with van der Waals surface area (Å²) in [7, 11) is 0. The summed E-state index contributed by atoms with van der Waals surface area (Å²) < 4.78 is 40.6. The Morgan fingerprint density at radius 3 is 2.45 bits per heavy atom. The number of urea groups is 1. The number of rotatable bonds is 6. The highest BCUT2D eigenvalue weighted by molar-refractivity contribution is 5.89. The number of hydrogen-bond acceptors (Lipinski definition) is 3. The average Bonchev–Trinajstić information content (AvgIpc) is 3.15. The lowest BCUT2D eigenvalue weighted by Crippen LogP contribution is -2.34. The maximum absolute atomic E-state index is 12.2. The summed E-state index contributed by atoms with van der Waals surface area (Å²) in [4.78, 5) is 14.2. The van der Waals surface area contributed by atoms with Crippen molar-refractivity contribution >= 4 is 17.4 Å². The Bertz CT molecular complexity index is 807. The molecule has 0 aliphatic carbocycles. The van der Waals surface area contributed by atoms with Crippen molar-refractivity contribution < 1.29 is 22.7 Å². The van der Waals surface area contributed by atoms with Gasteiger partial charge in [-0.3, -0.25) is 0 Å². The van der Waals surface area contributed by atoms with Gasteiger partial charge in [-0.25, -0.2) is 4.79 Å². The largest absolute Gasteiger partial charge is 0.573 e. The van der Waals surface area contributed by atoms with E-state index in [2.05, 4.69) is 27.2 Å². The molecule has 2 aromatic rings. The molecule has 0 saturated carbocycles. The predicted octanol–water partition coefficient (Wildman–Crippen LogP) is 4.80. The van der Waals surface area contributed by atoms with E-state index in [1.165, 1.54) is 17.7 Å². The molecule has 5 nitrogen and oxygen atoms in total. The molecule has 8 heteroatoms. The van der Waals surface area contributed by atoms with Crippen LogP contribution >= 0.6 is 0 Å². The summed E-state index contributed by atoms with van der Waals surface area (Å²) >= 11 is 0. The Balaban J connectivity index is 1.44. The molecule has 3 rings (SSSR count). The van der Waals surface area contributed by atoms with Crippen LogP contribution in [0.5, 0.6) is 5.75 Å². The van der Waals surface area contributed by atoms with Gasteiger partial charge in [0.25, 0.3) is 0 Å². The number of carbonyl (C=O) groups excluding carboxylic acids is 1. The van der Waals surface area contributed by atoms with E-state index in [1.807, 2.05) is 24.3 Å². The summed E-state index contributed by atoms with van der Waals surface area (Å²) in [5, 5.41) is 5.70. The van der Waals surface area contributed by atoms with Gasteiger partial charge in [-0.05, 0) is 60.7 Å². The van der Waals surface area contributed by atoms with Crippen molar-refractivity contribution in [1.82, 2.24) is 5.32 Å². The van der Waals surface area contributed by atoms with Crippen molar-refractivity contribution in [2.75, 3.05) is 29.9 Å². The minimum atomic E-state index is -4.69. The highest BCUT2D eigenvalue weighted by Gasteiger charge is 2.31. The number of alkyl halides is 3. The summed E-state index contributed by atoms with van der Waals surface area (Å²) in [6, 6.07) is 13.3. The van der Waals surface area contributed by atoms with Crippen LogP contribution in [0.4, 0.5) is 29.3 Å². The first-order valence-electron chi connectivity index (χ1n) is 9.57. The van der Waals surface area contributed by atoms with Crippen molar-refractivity contribution in [1.29, 1.82) is 0 Å². The van der Waals surface area contributed by atoms with Crippen LogP contribution in [-0.2, 0) is 6.42 Å². The van der Waals surface area contributed by atoms with Gasteiger partial charge in [-0.1, -0.05) is 19.1 Å². The Hall–Kier alpha value is -2.90.